The lowest BCUT2D eigenvalue weighted by molar-refractivity contribution is 0.199. The number of aromatic nitrogens is 6. The van der Waals surface area contributed by atoms with E-state index in [1.54, 1.807) is 38.2 Å². The van der Waals surface area contributed by atoms with Crippen LogP contribution in [0.4, 0.5) is 45.1 Å². The van der Waals surface area contributed by atoms with Gasteiger partial charge in [0.2, 0.25) is 21.9 Å². The van der Waals surface area contributed by atoms with Crippen LogP contribution in [0.5, 0.6) is 0 Å². The van der Waals surface area contributed by atoms with Crippen LogP contribution in [0.25, 0.3) is 22.1 Å². The molecule has 2 amide bonds. The fourth-order valence-electron chi connectivity index (χ4n) is 10.7. The highest BCUT2D eigenvalue weighted by Crippen LogP contribution is 2.33. The molecule has 0 radical (unpaired) electrons. The van der Waals surface area contributed by atoms with Crippen LogP contribution in [0.2, 0.25) is 5.02 Å². The molecule has 10 rings (SSSR count). The zero-order valence-electron chi connectivity index (χ0n) is 43.4. The second kappa shape index (κ2) is 21.9. The Morgan fingerprint density at radius 1 is 0.773 bits per heavy atom. The number of piperidine rings is 2. The number of sulfonamides is 1. The van der Waals surface area contributed by atoms with Crippen molar-refractivity contribution in [3.63, 3.8) is 0 Å². The van der Waals surface area contributed by atoms with E-state index in [9.17, 15) is 13.2 Å². The van der Waals surface area contributed by atoms with E-state index < -0.39 is 10.0 Å². The first kappa shape index (κ1) is 51.2. The zero-order chi connectivity index (χ0) is 52.4. The molecule has 4 aromatic carbocycles. The van der Waals surface area contributed by atoms with Gasteiger partial charge in [0.1, 0.15) is 11.3 Å². The number of carbonyl (C=O) groups excluding carboxylic acids is 1. The average molecular weight is 1050 g/mol. The largest absolute Gasteiger partial charge is 0.371 e. The molecule has 0 bridgehead atoms. The summed E-state index contributed by atoms with van der Waals surface area (Å²) in [6.45, 7) is 7.55. The number of hydrogen-bond donors (Lipinski definition) is 4. The summed E-state index contributed by atoms with van der Waals surface area (Å²) in [5.41, 5.74) is 11.2. The molecule has 0 spiro atoms. The van der Waals surface area contributed by atoms with Gasteiger partial charge in [-0.05, 0) is 154 Å². The summed E-state index contributed by atoms with van der Waals surface area (Å²) in [7, 11) is 3.60. The third-order valence-electron chi connectivity index (χ3n) is 14.9. The van der Waals surface area contributed by atoms with Gasteiger partial charge in [-0.2, -0.15) is 9.97 Å². The minimum Gasteiger partial charge on any atom is -0.371 e. The van der Waals surface area contributed by atoms with E-state index in [2.05, 4.69) is 103 Å². The number of nitrogens with zero attached hydrogens (tertiary/aromatic N) is 10. The van der Waals surface area contributed by atoms with Gasteiger partial charge >= 0.3 is 6.03 Å². The van der Waals surface area contributed by atoms with Gasteiger partial charge in [-0.15, -0.1) is 0 Å². The molecule has 2 fully saturated rings. The smallest absolute Gasteiger partial charge is 0.321 e. The average Bonchev–Trinajstić information content (AvgIpc) is 4.01. The Balaban J connectivity index is 0.828. The molecule has 2 saturated heterocycles. The van der Waals surface area contributed by atoms with Crippen molar-refractivity contribution in [2.45, 2.75) is 64.2 Å². The Bertz CT molecular complexity index is 3460. The first-order valence-electron chi connectivity index (χ1n) is 25.5. The van der Waals surface area contributed by atoms with E-state index in [-0.39, 0.29) is 6.03 Å². The Morgan fingerprint density at radius 3 is 2.21 bits per heavy atom. The first-order valence-corrected chi connectivity index (χ1v) is 27.8. The molecule has 19 heteroatoms. The molecule has 0 unspecified atom stereocenters. The van der Waals surface area contributed by atoms with Crippen molar-refractivity contribution in [1.82, 2.24) is 44.6 Å². The summed E-state index contributed by atoms with van der Waals surface area (Å²) in [5.74, 6) is 1.54. The molecule has 4 N–H and O–H groups in total. The lowest BCUT2D eigenvalue weighted by Crippen LogP contribution is -2.43. The quantitative estimate of drug-likeness (QED) is 0.0723. The predicted molar refractivity (Wildman–Crippen MR) is 303 cm³/mol. The second-order valence-electron chi connectivity index (χ2n) is 19.9. The molecule has 0 saturated carbocycles. The molecular weight excluding hydrogens is 984 g/mol. The van der Waals surface area contributed by atoms with Crippen molar-refractivity contribution in [2.24, 2.45) is 0 Å². The maximum atomic E-state index is 12.7. The fraction of sp³-hybridized carbons (Fsp3) is 0.339. The SMILES string of the molecule is CNC(=O)N(C)c1ccccc1Cn1ccc2cnc(Nc3ccc(N4CCC(N(C)Cc5nc(Nc6ccc(C7CCNCC7)c(C)c6)nc6c5ccn6Cc5cc(Cl)ccc5N(C)S(C)(=O)=O)CC4)cc3)nc21. The zero-order valence-corrected chi connectivity index (χ0v) is 45.0. The van der Waals surface area contributed by atoms with Gasteiger partial charge in [-0.3, -0.25) is 14.1 Å². The highest BCUT2D eigenvalue weighted by Gasteiger charge is 2.26. The standard InChI is InChI=1S/C56H65ClN14O3S/c1-37-31-44(14-17-47(37)38-19-25-59-26-20-38)62-55-63-49(48-24-30-71(53(48)65-55)35-41-32-42(57)11-18-51(41)68(5)75(6,73)74)36-66(3)45-22-28-69(29-23-45)46-15-12-43(13-16-46)61-54-60-33-39-21-27-70(52(39)64-54)34-40-9-7-8-10-50(40)67(4)56(72)58-2/h7-18,21,24,27,30-33,38,45,59H,19-20,22-23,25-26,28-29,34-36H2,1-6H3,(H,58,72)(H,60,61,64)(H,62,63,65). The number of anilines is 7. The molecule has 2 aliphatic rings. The van der Waals surface area contributed by atoms with E-state index in [1.807, 2.05) is 59.6 Å². The van der Waals surface area contributed by atoms with Crippen LogP contribution in [0.1, 0.15) is 59.5 Å². The van der Waals surface area contributed by atoms with Crippen molar-refractivity contribution in [3.8, 4) is 0 Å². The Kier molecular flexibility index (Phi) is 15.0. The third-order valence-corrected chi connectivity index (χ3v) is 16.3. The number of halogens is 1. The minimum absolute atomic E-state index is 0.184. The molecule has 17 nitrogen and oxygen atoms in total. The van der Waals surface area contributed by atoms with E-state index in [0.29, 0.717) is 54.2 Å². The van der Waals surface area contributed by atoms with E-state index in [4.69, 9.17) is 26.6 Å². The number of amides is 2. The predicted octanol–water partition coefficient (Wildman–Crippen LogP) is 9.46. The maximum absolute atomic E-state index is 12.7. The molecule has 390 valence electrons. The molecule has 4 aromatic heterocycles. The Morgan fingerprint density at radius 2 is 1.47 bits per heavy atom. The second-order valence-corrected chi connectivity index (χ2v) is 22.3. The number of nitrogens with one attached hydrogen (secondary N) is 4. The van der Waals surface area contributed by atoms with Crippen LogP contribution in [0.3, 0.4) is 0 Å². The number of benzene rings is 4. The van der Waals surface area contributed by atoms with Crippen molar-refractivity contribution < 1.29 is 13.2 Å². The van der Waals surface area contributed by atoms with Gasteiger partial charge in [0.25, 0.3) is 0 Å². The van der Waals surface area contributed by atoms with Crippen LogP contribution in [-0.4, -0.2) is 115 Å². The number of para-hydroxylation sites is 1. The normalized spacial score (nSPS) is 14.7. The van der Waals surface area contributed by atoms with Gasteiger partial charge in [0, 0.05) is 98.3 Å². The molecule has 6 heterocycles. The lowest BCUT2D eigenvalue weighted by Gasteiger charge is -2.38. The van der Waals surface area contributed by atoms with Crippen LogP contribution >= 0.6 is 11.6 Å². The third kappa shape index (κ3) is 11.4. The van der Waals surface area contributed by atoms with Crippen molar-refractivity contribution in [2.75, 3.05) is 85.4 Å². The number of aryl methyl sites for hydroxylation is 1. The number of urea groups is 1. The molecule has 0 atom stereocenters. The fourth-order valence-corrected chi connectivity index (χ4v) is 11.4. The van der Waals surface area contributed by atoms with Crippen LogP contribution in [0.15, 0.2) is 116 Å². The maximum Gasteiger partial charge on any atom is 0.321 e. The molecule has 8 aromatic rings. The van der Waals surface area contributed by atoms with E-state index >= 15 is 0 Å². The summed E-state index contributed by atoms with van der Waals surface area (Å²) >= 11 is 6.53. The van der Waals surface area contributed by atoms with Crippen LogP contribution in [0, 0.1) is 6.92 Å². The van der Waals surface area contributed by atoms with Gasteiger partial charge in [-0.25, -0.2) is 23.2 Å². The number of fused-ring (bicyclic) bond motifs is 2. The summed E-state index contributed by atoms with van der Waals surface area (Å²) in [6, 6.07) is 32.4. The van der Waals surface area contributed by atoms with Gasteiger partial charge in [0.05, 0.1) is 36.4 Å². The van der Waals surface area contributed by atoms with E-state index in [1.165, 1.54) is 21.7 Å². The van der Waals surface area contributed by atoms with Crippen molar-refractivity contribution in [3.05, 3.63) is 149 Å². The van der Waals surface area contributed by atoms with Gasteiger partial charge in [0.15, 0.2) is 0 Å². The summed E-state index contributed by atoms with van der Waals surface area (Å²) in [4.78, 5) is 38.8. The number of carbonyl (C=O) groups is 1. The topological polar surface area (TPSA) is 174 Å². The van der Waals surface area contributed by atoms with E-state index in [0.717, 1.165) is 113 Å². The summed E-state index contributed by atoms with van der Waals surface area (Å²) < 4.78 is 30.8. The molecule has 75 heavy (non-hydrogen) atoms. The van der Waals surface area contributed by atoms with Crippen molar-refractivity contribution >= 4 is 90.1 Å². The highest BCUT2D eigenvalue weighted by molar-refractivity contribution is 7.92. The van der Waals surface area contributed by atoms with Gasteiger partial charge in [-0.1, -0.05) is 35.9 Å². The summed E-state index contributed by atoms with van der Waals surface area (Å²) in [6.07, 6.45) is 11.2. The minimum atomic E-state index is -3.53. The summed E-state index contributed by atoms with van der Waals surface area (Å²) in [5, 5.41) is 15.5. The highest BCUT2D eigenvalue weighted by atomic mass is 35.5. The Labute approximate surface area is 444 Å². The van der Waals surface area contributed by atoms with Crippen LogP contribution < -0.4 is 35.4 Å². The number of hydrogen-bond acceptors (Lipinski definition) is 12. The molecular formula is C56H65ClN14O3S. The van der Waals surface area contributed by atoms with Gasteiger partial charge < -0.3 is 35.3 Å². The van der Waals surface area contributed by atoms with Crippen molar-refractivity contribution in [1.29, 1.82) is 0 Å². The molecule has 2 aliphatic heterocycles. The van der Waals surface area contributed by atoms with Crippen LogP contribution in [-0.2, 0) is 29.7 Å². The monoisotopic (exact) mass is 1050 g/mol. The lowest BCUT2D eigenvalue weighted by atomic mass is 9.87. The first-order chi connectivity index (χ1) is 36.2. The number of rotatable bonds is 16. The Hall–Kier alpha value is -7.25. The molecule has 0 aliphatic carbocycles.